The van der Waals surface area contributed by atoms with Gasteiger partial charge in [-0.25, -0.2) is 0 Å². The minimum Gasteiger partial charge on any atom is -0.504 e. The highest BCUT2D eigenvalue weighted by Crippen LogP contribution is 2.61. The predicted molar refractivity (Wildman–Crippen MR) is 99.0 cm³/mol. The van der Waals surface area contributed by atoms with E-state index in [9.17, 15) is 9.90 Å². The fourth-order valence-electron chi connectivity index (χ4n) is 6.89. The molecule has 4 fully saturated rings. The van der Waals surface area contributed by atoms with E-state index in [1.54, 1.807) is 13.2 Å². The summed E-state index contributed by atoms with van der Waals surface area (Å²) in [5.74, 6) is 3.71. The summed E-state index contributed by atoms with van der Waals surface area (Å²) in [7, 11) is 1.57. The Kier molecular flexibility index (Phi) is 3.74. The third kappa shape index (κ3) is 2.69. The van der Waals surface area contributed by atoms with Crippen LogP contribution in [-0.4, -0.2) is 29.6 Å². The molecule has 0 saturated heterocycles. The van der Waals surface area contributed by atoms with Crippen molar-refractivity contribution in [3.8, 4) is 11.5 Å². The minimum absolute atomic E-state index is 0.194. The van der Waals surface area contributed by atoms with Crippen molar-refractivity contribution in [1.82, 2.24) is 4.90 Å². The van der Waals surface area contributed by atoms with Crippen LogP contribution in [0.4, 0.5) is 0 Å². The van der Waals surface area contributed by atoms with Gasteiger partial charge in [0.15, 0.2) is 11.5 Å². The summed E-state index contributed by atoms with van der Waals surface area (Å²) < 4.78 is 5.24. The fraction of sp³-hybridized carbons (Fsp3) is 0.682. The largest absolute Gasteiger partial charge is 0.504 e. The molecule has 26 heavy (non-hydrogen) atoms. The lowest BCUT2D eigenvalue weighted by atomic mass is 9.49. The minimum atomic E-state index is 0.194. The van der Waals surface area contributed by atoms with Gasteiger partial charge in [-0.05, 0) is 91.4 Å². The Morgan fingerprint density at radius 1 is 1.15 bits per heavy atom. The Morgan fingerprint density at radius 2 is 1.81 bits per heavy atom. The van der Waals surface area contributed by atoms with Gasteiger partial charge in [-0.2, -0.15) is 0 Å². The lowest BCUT2D eigenvalue weighted by Crippen LogP contribution is -2.48. The van der Waals surface area contributed by atoms with Crippen LogP contribution in [0.15, 0.2) is 12.1 Å². The van der Waals surface area contributed by atoms with E-state index in [2.05, 4.69) is 0 Å². The molecule has 6 rings (SSSR count). The first-order valence-corrected chi connectivity index (χ1v) is 10.2. The summed E-state index contributed by atoms with van der Waals surface area (Å²) in [4.78, 5) is 15.2. The molecule has 4 heteroatoms. The van der Waals surface area contributed by atoms with Gasteiger partial charge < -0.3 is 14.7 Å². The zero-order valence-electron chi connectivity index (χ0n) is 15.7. The number of amides is 1. The Labute approximate surface area is 155 Å². The molecule has 1 aromatic carbocycles. The second kappa shape index (κ2) is 5.90. The molecule has 0 spiro atoms. The molecule has 4 aliphatic carbocycles. The smallest absolute Gasteiger partial charge is 0.223 e. The number of phenols is 1. The first-order chi connectivity index (χ1) is 12.5. The van der Waals surface area contributed by atoms with Gasteiger partial charge in [-0.15, -0.1) is 0 Å². The Morgan fingerprint density at radius 3 is 2.42 bits per heavy atom. The third-order valence-electron chi connectivity index (χ3n) is 7.56. The number of nitrogens with zero attached hydrogens (tertiary/aromatic N) is 1. The monoisotopic (exact) mass is 355 g/mol. The summed E-state index contributed by atoms with van der Waals surface area (Å²) in [6, 6.07) is 3.70. The predicted octanol–water partition coefficient (Wildman–Crippen LogP) is 3.89. The molecule has 1 aliphatic heterocycles. The van der Waals surface area contributed by atoms with Crippen molar-refractivity contribution in [2.75, 3.05) is 13.7 Å². The van der Waals surface area contributed by atoms with Gasteiger partial charge in [0.05, 0.1) is 7.11 Å². The maximum atomic E-state index is 13.2. The highest BCUT2D eigenvalue weighted by Gasteiger charge is 2.51. The van der Waals surface area contributed by atoms with Gasteiger partial charge in [0.2, 0.25) is 5.91 Å². The van der Waals surface area contributed by atoms with E-state index in [1.807, 2.05) is 11.0 Å². The average molecular weight is 355 g/mol. The van der Waals surface area contributed by atoms with Crippen LogP contribution in [0.1, 0.15) is 56.1 Å². The van der Waals surface area contributed by atoms with E-state index >= 15 is 0 Å². The highest BCUT2D eigenvalue weighted by molar-refractivity contribution is 5.77. The molecule has 1 heterocycles. The summed E-state index contributed by atoms with van der Waals surface area (Å²) in [5.41, 5.74) is 2.56. The first kappa shape index (κ1) is 16.5. The Balaban J connectivity index is 1.31. The molecular weight excluding hydrogens is 326 g/mol. The lowest BCUT2D eigenvalue weighted by Gasteiger charge is -2.57. The first-order valence-electron chi connectivity index (χ1n) is 10.2. The van der Waals surface area contributed by atoms with Gasteiger partial charge in [0.1, 0.15) is 0 Å². The van der Waals surface area contributed by atoms with Gasteiger partial charge in [-0.1, -0.05) is 0 Å². The number of benzene rings is 1. The number of aromatic hydroxyl groups is 1. The van der Waals surface area contributed by atoms with Crippen molar-refractivity contribution in [2.45, 2.75) is 57.9 Å². The number of phenolic OH excluding ortho intramolecular Hbond substituents is 1. The molecule has 1 aromatic rings. The van der Waals surface area contributed by atoms with Crippen LogP contribution in [-0.2, 0) is 17.8 Å². The van der Waals surface area contributed by atoms with Crippen molar-refractivity contribution in [1.29, 1.82) is 0 Å². The van der Waals surface area contributed by atoms with Gasteiger partial charge >= 0.3 is 0 Å². The molecule has 140 valence electrons. The zero-order valence-corrected chi connectivity index (χ0v) is 15.7. The molecule has 4 nitrogen and oxygen atoms in total. The highest BCUT2D eigenvalue weighted by atomic mass is 16.5. The quantitative estimate of drug-likeness (QED) is 0.895. The summed E-state index contributed by atoms with van der Waals surface area (Å²) in [5, 5.41) is 9.98. The number of rotatable bonds is 3. The van der Waals surface area contributed by atoms with Crippen LogP contribution >= 0.6 is 0 Å². The standard InChI is InChI=1S/C22H29NO3/c1-26-20-8-18-13-23(3-2-17(18)7-19(20)24)21(25)12-22-9-14-4-15(10-22)6-16(5-14)11-22/h7-8,14-16,24H,2-6,9-13H2,1H3. The second-order valence-electron chi connectivity index (χ2n) is 9.45. The van der Waals surface area contributed by atoms with Crippen LogP contribution in [0.25, 0.3) is 0 Å². The van der Waals surface area contributed by atoms with Crippen molar-refractivity contribution < 1.29 is 14.6 Å². The number of ether oxygens (including phenoxy) is 1. The van der Waals surface area contributed by atoms with Crippen LogP contribution in [0.2, 0.25) is 0 Å². The van der Waals surface area contributed by atoms with Crippen LogP contribution in [0.5, 0.6) is 11.5 Å². The van der Waals surface area contributed by atoms with Gasteiger partial charge in [0.25, 0.3) is 0 Å². The number of hydrogen-bond acceptors (Lipinski definition) is 3. The zero-order chi connectivity index (χ0) is 17.9. The molecule has 4 bridgehead atoms. The maximum absolute atomic E-state index is 13.2. The molecule has 0 aromatic heterocycles. The van der Waals surface area contributed by atoms with Crippen molar-refractivity contribution in [3.05, 3.63) is 23.3 Å². The molecule has 4 saturated carbocycles. The normalized spacial score (nSPS) is 34.7. The molecule has 0 radical (unpaired) electrons. The van der Waals surface area contributed by atoms with E-state index in [0.717, 1.165) is 48.3 Å². The molecule has 1 N–H and O–H groups in total. The molecule has 0 unspecified atom stereocenters. The SMILES string of the molecule is COc1cc2c(cc1O)CCN(C(=O)CC13CC4CC(CC(C4)C1)C3)C2. The van der Waals surface area contributed by atoms with Crippen LogP contribution in [0, 0.1) is 23.2 Å². The number of fused-ring (bicyclic) bond motifs is 1. The third-order valence-corrected chi connectivity index (χ3v) is 7.56. The van der Waals surface area contributed by atoms with E-state index in [-0.39, 0.29) is 5.75 Å². The van der Waals surface area contributed by atoms with E-state index in [0.29, 0.717) is 23.6 Å². The van der Waals surface area contributed by atoms with E-state index in [1.165, 1.54) is 38.5 Å². The average Bonchev–Trinajstić information content (AvgIpc) is 2.59. The van der Waals surface area contributed by atoms with Crippen LogP contribution in [0.3, 0.4) is 0 Å². The second-order valence-corrected chi connectivity index (χ2v) is 9.45. The van der Waals surface area contributed by atoms with Crippen molar-refractivity contribution in [3.63, 3.8) is 0 Å². The number of carbonyl (C=O) groups excluding carboxylic acids is 1. The van der Waals surface area contributed by atoms with Gasteiger partial charge in [0, 0.05) is 19.5 Å². The van der Waals surface area contributed by atoms with E-state index in [4.69, 9.17) is 4.74 Å². The molecule has 0 atom stereocenters. The number of methoxy groups -OCH3 is 1. The fourth-order valence-corrected chi connectivity index (χ4v) is 6.89. The molecule has 1 amide bonds. The van der Waals surface area contributed by atoms with Crippen molar-refractivity contribution >= 4 is 5.91 Å². The lowest BCUT2D eigenvalue weighted by molar-refractivity contribution is -0.140. The van der Waals surface area contributed by atoms with Gasteiger partial charge in [-0.3, -0.25) is 4.79 Å². The van der Waals surface area contributed by atoms with E-state index < -0.39 is 0 Å². The molecular formula is C22H29NO3. The summed E-state index contributed by atoms with van der Waals surface area (Å²) >= 11 is 0. The maximum Gasteiger partial charge on any atom is 0.223 e. The summed E-state index contributed by atoms with van der Waals surface area (Å²) in [6.45, 7) is 1.42. The number of hydrogen-bond donors (Lipinski definition) is 1. The van der Waals surface area contributed by atoms with Crippen molar-refractivity contribution in [2.24, 2.45) is 23.2 Å². The topological polar surface area (TPSA) is 49.8 Å². The Hall–Kier alpha value is -1.71. The summed E-state index contributed by atoms with van der Waals surface area (Å²) in [6.07, 6.45) is 9.71. The Bertz CT molecular complexity index is 706. The van der Waals surface area contributed by atoms with Crippen LogP contribution < -0.4 is 4.74 Å². The number of carbonyl (C=O) groups is 1. The molecule has 5 aliphatic rings.